The van der Waals surface area contributed by atoms with Crippen molar-refractivity contribution < 1.29 is 23.5 Å². The number of amides is 2. The highest BCUT2D eigenvalue weighted by molar-refractivity contribution is 7.80. The SMILES string of the molecule is COCCOc1ccc(N2C(=O)/C(=C/c3ccc(C)o3)C(=O)NC2=S)cc1. The summed E-state index contributed by atoms with van der Waals surface area (Å²) in [6, 6.07) is 10.3. The molecule has 0 atom stereocenters. The van der Waals surface area contributed by atoms with Gasteiger partial charge in [0.05, 0.1) is 12.3 Å². The van der Waals surface area contributed by atoms with Crippen molar-refractivity contribution in [3.05, 3.63) is 53.5 Å². The average Bonchev–Trinajstić information content (AvgIpc) is 3.05. The number of thiocarbonyl (C=S) groups is 1. The summed E-state index contributed by atoms with van der Waals surface area (Å²) in [5, 5.41) is 2.55. The third kappa shape index (κ3) is 4.24. The van der Waals surface area contributed by atoms with Crippen LogP contribution >= 0.6 is 12.2 Å². The van der Waals surface area contributed by atoms with Gasteiger partial charge in [-0.2, -0.15) is 0 Å². The molecule has 0 aliphatic carbocycles. The normalized spacial score (nSPS) is 16.0. The minimum Gasteiger partial charge on any atom is -0.491 e. The quantitative estimate of drug-likeness (QED) is 0.355. The van der Waals surface area contributed by atoms with Crippen molar-refractivity contribution in [1.29, 1.82) is 0 Å². The molecule has 0 bridgehead atoms. The lowest BCUT2D eigenvalue weighted by molar-refractivity contribution is -0.122. The first kappa shape index (κ1) is 18.8. The van der Waals surface area contributed by atoms with Crippen molar-refractivity contribution in [3.63, 3.8) is 0 Å². The summed E-state index contributed by atoms with van der Waals surface area (Å²) < 4.78 is 15.9. The van der Waals surface area contributed by atoms with Gasteiger partial charge in [0, 0.05) is 7.11 Å². The number of furan rings is 1. The molecule has 1 aliphatic heterocycles. The third-order valence-corrected chi connectivity index (χ3v) is 4.09. The maximum Gasteiger partial charge on any atom is 0.270 e. The summed E-state index contributed by atoms with van der Waals surface area (Å²) in [5.41, 5.74) is 0.462. The number of anilines is 1. The number of methoxy groups -OCH3 is 1. The number of carbonyl (C=O) groups excluding carboxylic acids is 2. The number of aryl methyl sites for hydroxylation is 1. The van der Waals surface area contributed by atoms with Gasteiger partial charge in [-0.05, 0) is 61.6 Å². The van der Waals surface area contributed by atoms with Crippen molar-refractivity contribution >= 4 is 40.9 Å². The van der Waals surface area contributed by atoms with Gasteiger partial charge in [-0.1, -0.05) is 0 Å². The molecule has 3 rings (SSSR count). The van der Waals surface area contributed by atoms with Gasteiger partial charge in [-0.15, -0.1) is 0 Å². The summed E-state index contributed by atoms with van der Waals surface area (Å²) in [6.45, 7) is 2.67. The average molecular weight is 386 g/mol. The molecule has 7 nitrogen and oxygen atoms in total. The van der Waals surface area contributed by atoms with Crippen molar-refractivity contribution in [2.45, 2.75) is 6.92 Å². The number of hydrogen-bond donors (Lipinski definition) is 1. The van der Waals surface area contributed by atoms with Crippen LogP contribution in [0, 0.1) is 6.92 Å². The van der Waals surface area contributed by atoms with E-state index >= 15 is 0 Å². The van der Waals surface area contributed by atoms with E-state index in [9.17, 15) is 9.59 Å². The first-order valence-corrected chi connectivity index (χ1v) is 8.60. The molecular weight excluding hydrogens is 368 g/mol. The van der Waals surface area contributed by atoms with E-state index in [1.165, 1.54) is 11.0 Å². The van der Waals surface area contributed by atoms with Crippen LogP contribution in [0.3, 0.4) is 0 Å². The van der Waals surface area contributed by atoms with Crippen LogP contribution in [0.15, 0.2) is 46.4 Å². The first-order chi connectivity index (χ1) is 13.0. The Hall–Kier alpha value is -2.97. The van der Waals surface area contributed by atoms with Crippen LogP contribution in [-0.2, 0) is 14.3 Å². The van der Waals surface area contributed by atoms with Gasteiger partial charge in [0.25, 0.3) is 11.8 Å². The zero-order chi connectivity index (χ0) is 19.4. The van der Waals surface area contributed by atoms with Crippen LogP contribution in [0.25, 0.3) is 6.08 Å². The molecule has 8 heteroatoms. The van der Waals surface area contributed by atoms with Crippen molar-refractivity contribution in [2.75, 3.05) is 25.2 Å². The number of hydrogen-bond acceptors (Lipinski definition) is 6. The highest BCUT2D eigenvalue weighted by Gasteiger charge is 2.34. The van der Waals surface area contributed by atoms with E-state index in [1.54, 1.807) is 50.4 Å². The Morgan fingerprint density at radius 3 is 2.52 bits per heavy atom. The largest absolute Gasteiger partial charge is 0.491 e. The molecule has 0 spiro atoms. The Morgan fingerprint density at radius 2 is 1.89 bits per heavy atom. The maximum absolute atomic E-state index is 12.9. The molecular formula is C19H18N2O5S. The van der Waals surface area contributed by atoms with Gasteiger partial charge < -0.3 is 13.9 Å². The van der Waals surface area contributed by atoms with Gasteiger partial charge in [-0.25, -0.2) is 0 Å². The molecule has 0 saturated carbocycles. The highest BCUT2D eigenvalue weighted by Crippen LogP contribution is 2.24. The molecule has 1 aromatic carbocycles. The van der Waals surface area contributed by atoms with Crippen LogP contribution in [0.2, 0.25) is 0 Å². The number of carbonyl (C=O) groups is 2. The molecule has 2 heterocycles. The summed E-state index contributed by atoms with van der Waals surface area (Å²) in [7, 11) is 1.60. The summed E-state index contributed by atoms with van der Waals surface area (Å²) >= 11 is 5.18. The van der Waals surface area contributed by atoms with Gasteiger partial charge in [0.15, 0.2) is 5.11 Å². The van der Waals surface area contributed by atoms with Gasteiger partial charge in [-0.3, -0.25) is 19.8 Å². The molecule has 2 amide bonds. The van der Waals surface area contributed by atoms with E-state index in [4.69, 9.17) is 26.1 Å². The Bertz CT molecular complexity index is 901. The van der Waals surface area contributed by atoms with Crippen LogP contribution in [-0.4, -0.2) is 37.3 Å². The maximum atomic E-state index is 12.9. The molecule has 2 aromatic rings. The van der Waals surface area contributed by atoms with E-state index in [1.807, 2.05) is 0 Å². The van der Waals surface area contributed by atoms with E-state index < -0.39 is 11.8 Å². The Kier molecular flexibility index (Phi) is 5.68. The lowest BCUT2D eigenvalue weighted by atomic mass is 10.1. The second kappa shape index (κ2) is 8.15. The Morgan fingerprint density at radius 1 is 1.15 bits per heavy atom. The zero-order valence-corrected chi connectivity index (χ0v) is 15.7. The van der Waals surface area contributed by atoms with Crippen molar-refractivity contribution in [1.82, 2.24) is 5.32 Å². The predicted molar refractivity (Wildman–Crippen MR) is 103 cm³/mol. The molecule has 0 radical (unpaired) electrons. The highest BCUT2D eigenvalue weighted by atomic mass is 32.1. The smallest absolute Gasteiger partial charge is 0.270 e. The molecule has 27 heavy (non-hydrogen) atoms. The molecule has 1 fully saturated rings. The summed E-state index contributed by atoms with van der Waals surface area (Å²) in [5.74, 6) is 0.653. The lowest BCUT2D eigenvalue weighted by Gasteiger charge is -2.28. The fourth-order valence-corrected chi connectivity index (χ4v) is 2.78. The van der Waals surface area contributed by atoms with Crippen LogP contribution in [0.1, 0.15) is 11.5 Å². The third-order valence-electron chi connectivity index (χ3n) is 3.80. The van der Waals surface area contributed by atoms with E-state index in [-0.39, 0.29) is 10.7 Å². The lowest BCUT2D eigenvalue weighted by Crippen LogP contribution is -2.54. The van der Waals surface area contributed by atoms with Crippen LogP contribution < -0.4 is 15.0 Å². The zero-order valence-electron chi connectivity index (χ0n) is 14.9. The van der Waals surface area contributed by atoms with Crippen LogP contribution in [0.5, 0.6) is 5.75 Å². The Balaban J connectivity index is 1.84. The molecule has 1 aromatic heterocycles. The second-order valence-corrected chi connectivity index (χ2v) is 6.13. The van der Waals surface area contributed by atoms with Gasteiger partial charge in [0.1, 0.15) is 29.4 Å². The first-order valence-electron chi connectivity index (χ1n) is 8.19. The minimum absolute atomic E-state index is 0.0193. The van der Waals surface area contributed by atoms with E-state index in [2.05, 4.69) is 5.32 Å². The van der Waals surface area contributed by atoms with E-state index in [0.717, 1.165) is 0 Å². The molecule has 1 aliphatic rings. The van der Waals surface area contributed by atoms with Crippen molar-refractivity contribution in [2.24, 2.45) is 0 Å². The number of benzene rings is 1. The number of rotatable bonds is 6. The number of nitrogens with zero attached hydrogens (tertiary/aromatic N) is 1. The fourth-order valence-electron chi connectivity index (χ4n) is 2.50. The summed E-state index contributed by atoms with van der Waals surface area (Å²) in [4.78, 5) is 26.4. The van der Waals surface area contributed by atoms with Gasteiger partial charge in [0.2, 0.25) is 0 Å². The van der Waals surface area contributed by atoms with Gasteiger partial charge >= 0.3 is 0 Å². The monoisotopic (exact) mass is 386 g/mol. The molecule has 1 N–H and O–H groups in total. The summed E-state index contributed by atoms with van der Waals surface area (Å²) in [6.07, 6.45) is 1.40. The second-order valence-electron chi connectivity index (χ2n) is 5.74. The van der Waals surface area contributed by atoms with E-state index in [0.29, 0.717) is 36.2 Å². The topological polar surface area (TPSA) is 81.0 Å². The number of ether oxygens (including phenoxy) is 2. The van der Waals surface area contributed by atoms with Crippen molar-refractivity contribution in [3.8, 4) is 5.75 Å². The number of nitrogens with one attached hydrogen (secondary N) is 1. The minimum atomic E-state index is -0.560. The Labute approximate surface area is 161 Å². The standard InChI is InChI=1S/C19H18N2O5S/c1-12-3-6-15(26-12)11-16-17(22)20-19(27)21(18(16)23)13-4-7-14(8-5-13)25-10-9-24-2/h3-8,11H,9-10H2,1-2H3,(H,20,22,27)/b16-11+. The molecule has 0 unspecified atom stereocenters. The predicted octanol–water partition coefficient (Wildman–Crippen LogP) is 2.44. The molecule has 140 valence electrons. The molecule has 1 saturated heterocycles. The fraction of sp³-hybridized carbons (Fsp3) is 0.211. The van der Waals surface area contributed by atoms with Crippen LogP contribution in [0.4, 0.5) is 5.69 Å².